The lowest BCUT2D eigenvalue weighted by atomic mass is 10.0. The topological polar surface area (TPSA) is 61.8 Å². The third-order valence-corrected chi connectivity index (χ3v) is 3.79. The summed E-state index contributed by atoms with van der Waals surface area (Å²) in [6.45, 7) is 12.5. The molecule has 0 aliphatic carbocycles. The first kappa shape index (κ1) is 22.9. The monoisotopic (exact) mass is 382 g/mol. The maximum atomic E-state index is 13.3. The van der Waals surface area contributed by atoms with E-state index in [1.165, 1.54) is 12.1 Å². The van der Waals surface area contributed by atoms with E-state index in [1.807, 2.05) is 13.8 Å². The van der Waals surface area contributed by atoms with Gasteiger partial charge in [0.1, 0.15) is 29.4 Å². The van der Waals surface area contributed by atoms with E-state index in [1.54, 1.807) is 46.8 Å². The van der Waals surface area contributed by atoms with Crippen LogP contribution in [0.2, 0.25) is 0 Å². The molecule has 0 heterocycles. The van der Waals surface area contributed by atoms with Gasteiger partial charge in [-0.15, -0.1) is 0 Å². The second-order valence-corrected chi connectivity index (χ2v) is 8.12. The minimum absolute atomic E-state index is 0.0220. The van der Waals surface area contributed by atoms with Crippen molar-refractivity contribution in [2.75, 3.05) is 0 Å². The number of halogens is 1. The van der Waals surface area contributed by atoms with Crippen molar-refractivity contribution in [1.29, 1.82) is 0 Å². The second kappa shape index (κ2) is 9.72. The van der Waals surface area contributed by atoms with Gasteiger partial charge in [0.2, 0.25) is 0 Å². The number of benzene rings is 1. The highest BCUT2D eigenvalue weighted by Gasteiger charge is 2.30. The maximum absolute atomic E-state index is 13.3. The Balaban J connectivity index is 2.69. The molecule has 0 bridgehead atoms. The number of hydrogen-bond donors (Lipinski definition) is 0. The van der Waals surface area contributed by atoms with Crippen molar-refractivity contribution in [3.63, 3.8) is 0 Å². The zero-order chi connectivity index (χ0) is 20.8. The molecule has 0 fully saturated rings. The molecule has 152 valence electrons. The number of carbonyl (C=O) groups excluding carboxylic acids is 2. The molecule has 1 aromatic carbocycles. The lowest BCUT2D eigenvalue weighted by Crippen LogP contribution is -2.39. The van der Waals surface area contributed by atoms with Gasteiger partial charge in [0.15, 0.2) is 0 Å². The maximum Gasteiger partial charge on any atom is 0.309 e. The second-order valence-electron chi connectivity index (χ2n) is 8.12. The lowest BCUT2D eigenvalue weighted by Gasteiger charge is -2.29. The van der Waals surface area contributed by atoms with E-state index in [0.717, 1.165) is 0 Å². The Morgan fingerprint density at radius 1 is 1.11 bits per heavy atom. The molecule has 0 amide bonds. The molecular weight excluding hydrogens is 351 g/mol. The Morgan fingerprint density at radius 3 is 2.26 bits per heavy atom. The molecular formula is C21H31FO5. The van der Waals surface area contributed by atoms with Crippen LogP contribution in [0, 0.1) is 17.7 Å². The average molecular weight is 382 g/mol. The van der Waals surface area contributed by atoms with Crippen molar-refractivity contribution in [2.24, 2.45) is 11.8 Å². The summed E-state index contributed by atoms with van der Waals surface area (Å²) in [7, 11) is 0. The van der Waals surface area contributed by atoms with E-state index in [-0.39, 0.29) is 12.3 Å². The van der Waals surface area contributed by atoms with Crippen LogP contribution in [0.5, 0.6) is 5.75 Å². The van der Waals surface area contributed by atoms with Crippen LogP contribution in [0.25, 0.3) is 0 Å². The molecule has 0 saturated carbocycles. The Labute approximate surface area is 161 Å². The fraction of sp³-hybridized carbons (Fsp3) is 0.619. The van der Waals surface area contributed by atoms with Gasteiger partial charge in [-0.1, -0.05) is 26.8 Å². The molecule has 0 aliphatic rings. The molecule has 1 aromatic rings. The Morgan fingerprint density at radius 2 is 1.74 bits per heavy atom. The van der Waals surface area contributed by atoms with Gasteiger partial charge < -0.3 is 14.2 Å². The Kier molecular flexibility index (Phi) is 8.25. The predicted molar refractivity (Wildman–Crippen MR) is 101 cm³/mol. The molecule has 0 aromatic heterocycles. The van der Waals surface area contributed by atoms with Gasteiger partial charge in [-0.3, -0.25) is 9.59 Å². The van der Waals surface area contributed by atoms with Crippen LogP contribution in [0.3, 0.4) is 0 Å². The predicted octanol–water partition coefficient (Wildman–Crippen LogP) is 4.53. The summed E-state index contributed by atoms with van der Waals surface area (Å²) in [6.07, 6.45) is -1.08. The van der Waals surface area contributed by atoms with E-state index < -0.39 is 41.5 Å². The average Bonchev–Trinajstić information content (AvgIpc) is 2.49. The SMILES string of the molecule is CC(C)[C@@H](OC(=O)[C@H](C)CC(=O)OC(C)(C)C)[C@H](C)Oc1cccc(F)c1. The molecule has 0 saturated heterocycles. The Bertz CT molecular complexity index is 636. The first-order valence-electron chi connectivity index (χ1n) is 9.23. The zero-order valence-corrected chi connectivity index (χ0v) is 17.2. The normalized spacial score (nSPS) is 15.0. The third-order valence-electron chi connectivity index (χ3n) is 3.79. The van der Waals surface area contributed by atoms with Crippen molar-refractivity contribution in [1.82, 2.24) is 0 Å². The van der Waals surface area contributed by atoms with Crippen molar-refractivity contribution in [3.05, 3.63) is 30.1 Å². The summed E-state index contributed by atoms with van der Waals surface area (Å²) >= 11 is 0. The van der Waals surface area contributed by atoms with Crippen LogP contribution in [0.1, 0.15) is 54.9 Å². The summed E-state index contributed by atoms with van der Waals surface area (Å²) in [5.41, 5.74) is -0.603. The highest BCUT2D eigenvalue weighted by Crippen LogP contribution is 2.21. The highest BCUT2D eigenvalue weighted by atomic mass is 19.1. The van der Waals surface area contributed by atoms with Gasteiger partial charge in [-0.05, 0) is 45.7 Å². The van der Waals surface area contributed by atoms with E-state index in [4.69, 9.17) is 14.2 Å². The minimum atomic E-state index is -0.637. The van der Waals surface area contributed by atoms with Crippen LogP contribution in [-0.2, 0) is 19.1 Å². The molecule has 27 heavy (non-hydrogen) atoms. The molecule has 0 N–H and O–H groups in total. The molecule has 0 aliphatic heterocycles. The van der Waals surface area contributed by atoms with Gasteiger partial charge in [0, 0.05) is 6.07 Å². The van der Waals surface area contributed by atoms with Gasteiger partial charge in [0.25, 0.3) is 0 Å². The van der Waals surface area contributed by atoms with E-state index in [0.29, 0.717) is 5.75 Å². The van der Waals surface area contributed by atoms with Crippen LogP contribution < -0.4 is 4.74 Å². The summed E-state index contributed by atoms with van der Waals surface area (Å²) in [6, 6.07) is 5.80. The number of carbonyl (C=O) groups is 2. The number of ether oxygens (including phenoxy) is 3. The standard InChI is InChI=1S/C21H31FO5/c1-13(2)19(15(4)25-17-10-8-9-16(22)12-17)26-20(24)14(3)11-18(23)27-21(5,6)7/h8-10,12-15,19H,11H2,1-7H3/t14-,15+,19-/m1/s1. The summed E-state index contributed by atoms with van der Waals surface area (Å²) in [5, 5.41) is 0. The first-order valence-corrected chi connectivity index (χ1v) is 9.23. The van der Waals surface area contributed by atoms with Crippen molar-refractivity contribution in [3.8, 4) is 5.75 Å². The summed E-state index contributed by atoms with van der Waals surface area (Å²) in [5.74, 6) is -1.63. The summed E-state index contributed by atoms with van der Waals surface area (Å²) < 4.78 is 29.9. The smallest absolute Gasteiger partial charge is 0.309 e. The third kappa shape index (κ3) is 8.41. The Hall–Kier alpha value is -2.11. The van der Waals surface area contributed by atoms with Crippen LogP contribution in [0.4, 0.5) is 4.39 Å². The van der Waals surface area contributed by atoms with Crippen LogP contribution >= 0.6 is 0 Å². The van der Waals surface area contributed by atoms with E-state index >= 15 is 0 Å². The van der Waals surface area contributed by atoms with Gasteiger partial charge in [-0.2, -0.15) is 0 Å². The first-order chi connectivity index (χ1) is 12.4. The lowest BCUT2D eigenvalue weighted by molar-refractivity contribution is -0.167. The number of hydrogen-bond acceptors (Lipinski definition) is 5. The van der Waals surface area contributed by atoms with E-state index in [9.17, 15) is 14.0 Å². The van der Waals surface area contributed by atoms with Crippen LogP contribution in [0.15, 0.2) is 24.3 Å². The fourth-order valence-corrected chi connectivity index (χ4v) is 2.56. The fourth-order valence-electron chi connectivity index (χ4n) is 2.56. The number of rotatable bonds is 8. The van der Waals surface area contributed by atoms with Crippen molar-refractivity contribution >= 4 is 11.9 Å². The summed E-state index contributed by atoms with van der Waals surface area (Å²) in [4.78, 5) is 24.3. The van der Waals surface area contributed by atoms with Gasteiger partial charge in [0.05, 0.1) is 12.3 Å². The van der Waals surface area contributed by atoms with Gasteiger partial charge in [-0.25, -0.2) is 4.39 Å². The number of esters is 2. The van der Waals surface area contributed by atoms with E-state index in [2.05, 4.69) is 0 Å². The molecule has 3 atom stereocenters. The van der Waals surface area contributed by atoms with Crippen molar-refractivity contribution < 1.29 is 28.2 Å². The molecule has 0 spiro atoms. The zero-order valence-electron chi connectivity index (χ0n) is 17.2. The minimum Gasteiger partial charge on any atom is -0.487 e. The van der Waals surface area contributed by atoms with Gasteiger partial charge >= 0.3 is 11.9 Å². The quantitative estimate of drug-likeness (QED) is 0.618. The van der Waals surface area contributed by atoms with Crippen molar-refractivity contribution in [2.45, 2.75) is 72.7 Å². The highest BCUT2D eigenvalue weighted by molar-refractivity contribution is 5.79. The van der Waals surface area contributed by atoms with Crippen LogP contribution in [-0.4, -0.2) is 29.7 Å². The largest absolute Gasteiger partial charge is 0.487 e. The molecule has 5 nitrogen and oxygen atoms in total. The molecule has 0 radical (unpaired) electrons. The molecule has 1 rings (SSSR count). The molecule has 6 heteroatoms. The molecule has 0 unspecified atom stereocenters.